The van der Waals surface area contributed by atoms with Gasteiger partial charge in [-0.3, -0.25) is 0 Å². The van der Waals surface area contributed by atoms with Crippen LogP contribution in [0, 0.1) is 0 Å². The highest BCUT2D eigenvalue weighted by atomic mass is 79.9. The highest BCUT2D eigenvalue weighted by Gasteiger charge is 2.01. The predicted molar refractivity (Wildman–Crippen MR) is 42.0 cm³/mol. The van der Waals surface area contributed by atoms with Crippen LogP contribution in [0.1, 0.15) is 13.8 Å². The van der Waals surface area contributed by atoms with Crippen LogP contribution < -0.4 is 12.3 Å². The van der Waals surface area contributed by atoms with E-state index < -0.39 is 0 Å². The van der Waals surface area contributed by atoms with Crippen LogP contribution in [0.25, 0.3) is 0 Å². The molecule has 4 heteroatoms. The van der Waals surface area contributed by atoms with Crippen molar-refractivity contribution in [2.24, 2.45) is 0 Å². The minimum absolute atomic E-state index is 0. The third-order valence-corrected chi connectivity index (χ3v) is 0. The van der Waals surface area contributed by atoms with Gasteiger partial charge in [0, 0.05) is 0 Å². The van der Waals surface area contributed by atoms with Gasteiger partial charge < -0.3 is 12.3 Å². The second kappa shape index (κ2) is 5.03. The van der Waals surface area contributed by atoms with Crippen LogP contribution in [0.3, 0.4) is 0 Å². The van der Waals surface area contributed by atoms with Gasteiger partial charge in [0.25, 0.3) is 0 Å². The van der Waals surface area contributed by atoms with Gasteiger partial charge in [0.15, 0.2) is 0 Å². The molecule has 0 bridgehead atoms. The summed E-state index contributed by atoms with van der Waals surface area (Å²) in [4.78, 5) is 0. The van der Waals surface area contributed by atoms with Gasteiger partial charge in [-0.2, -0.15) is 0 Å². The van der Waals surface area contributed by atoms with E-state index in [1.807, 2.05) is 13.8 Å². The van der Waals surface area contributed by atoms with Crippen molar-refractivity contribution in [3.8, 4) is 0 Å². The summed E-state index contributed by atoms with van der Waals surface area (Å²) in [6, 6.07) is 0. The quantitative estimate of drug-likeness (QED) is 0.634. The van der Waals surface area contributed by atoms with E-state index in [1.54, 1.807) is 0 Å². The Bertz CT molecular complexity index is 26.4. The first-order valence-corrected chi connectivity index (χ1v) is 2.96. The molecule has 0 atom stereocenters. The molecule has 0 aromatic heterocycles. The summed E-state index contributed by atoms with van der Waals surface area (Å²) in [5.74, 6) is 0. The fraction of sp³-hybridized carbons (Fsp3) is 1.00. The largest absolute Gasteiger partial charge is 0.344 e. The normalized spacial score (nSPS) is 8.57. The molecule has 0 heterocycles. The summed E-state index contributed by atoms with van der Waals surface area (Å²) in [6.07, 6.45) is 0. The first-order valence-electron chi connectivity index (χ1n) is 1.38. The molecule has 0 radical (unpaired) electrons. The standard InChI is InChI=1S/C3H6Br2.2H3N/c1-3(2,4)5;;/h1-2H3;2*1H3. The highest BCUT2D eigenvalue weighted by molar-refractivity contribution is 9.25. The second-order valence-electron chi connectivity index (χ2n) is 1.33. The molecule has 0 fully saturated rings. The summed E-state index contributed by atoms with van der Waals surface area (Å²) in [5, 5.41) is 0. The van der Waals surface area contributed by atoms with Crippen LogP contribution in [-0.4, -0.2) is 3.23 Å². The van der Waals surface area contributed by atoms with Gasteiger partial charge in [0.2, 0.25) is 0 Å². The maximum Gasteiger partial charge on any atom is 0.0749 e. The van der Waals surface area contributed by atoms with E-state index in [0.717, 1.165) is 0 Å². The van der Waals surface area contributed by atoms with Crippen LogP contribution in [-0.2, 0) is 0 Å². The van der Waals surface area contributed by atoms with E-state index >= 15 is 0 Å². The first-order chi connectivity index (χ1) is 2.00. The van der Waals surface area contributed by atoms with E-state index in [0.29, 0.717) is 0 Å². The molecule has 2 nitrogen and oxygen atoms in total. The molecular formula is C3H12Br2N2. The Morgan fingerprint density at radius 1 is 1.00 bits per heavy atom. The van der Waals surface area contributed by atoms with Crippen molar-refractivity contribution in [1.29, 1.82) is 0 Å². The lowest BCUT2D eigenvalue weighted by Gasteiger charge is -1.99. The summed E-state index contributed by atoms with van der Waals surface area (Å²) < 4.78 is 0.125. The zero-order valence-electron chi connectivity index (χ0n) is 4.67. The average molecular weight is 236 g/mol. The molecule has 0 aromatic rings. The SMILES string of the molecule is CC(C)(Br)Br.N.N. The zero-order valence-corrected chi connectivity index (χ0v) is 7.84. The molecule has 0 rings (SSSR count). The van der Waals surface area contributed by atoms with Crippen molar-refractivity contribution in [3.05, 3.63) is 0 Å². The Hall–Kier alpha value is 0.880. The van der Waals surface area contributed by atoms with Gasteiger partial charge in [-0.15, -0.1) is 0 Å². The molecule has 0 spiro atoms. The summed E-state index contributed by atoms with van der Waals surface area (Å²) in [6.45, 7) is 4.04. The fourth-order valence-electron chi connectivity index (χ4n) is 0. The monoisotopic (exact) mass is 234 g/mol. The lowest BCUT2D eigenvalue weighted by Crippen LogP contribution is -1.91. The Morgan fingerprint density at radius 2 is 1.00 bits per heavy atom. The van der Waals surface area contributed by atoms with E-state index in [4.69, 9.17) is 0 Å². The van der Waals surface area contributed by atoms with Gasteiger partial charge in [0.1, 0.15) is 0 Å². The van der Waals surface area contributed by atoms with Crippen molar-refractivity contribution >= 4 is 31.9 Å². The summed E-state index contributed by atoms with van der Waals surface area (Å²) >= 11 is 6.58. The third-order valence-electron chi connectivity index (χ3n) is 0. The van der Waals surface area contributed by atoms with Crippen molar-refractivity contribution < 1.29 is 0 Å². The molecule has 0 unspecified atom stereocenters. The molecule has 48 valence electrons. The van der Waals surface area contributed by atoms with E-state index in [1.165, 1.54) is 0 Å². The number of hydrogen-bond acceptors (Lipinski definition) is 2. The van der Waals surface area contributed by atoms with Gasteiger partial charge >= 0.3 is 0 Å². The molecule has 0 saturated carbocycles. The Balaban J connectivity index is -0.0000000800. The first kappa shape index (κ1) is 15.7. The van der Waals surface area contributed by atoms with Crippen molar-refractivity contribution in [2.45, 2.75) is 17.1 Å². The topological polar surface area (TPSA) is 70.0 Å². The van der Waals surface area contributed by atoms with Gasteiger partial charge in [0.05, 0.1) is 3.23 Å². The van der Waals surface area contributed by atoms with E-state index in [-0.39, 0.29) is 15.5 Å². The zero-order chi connectivity index (χ0) is 4.50. The molecular weight excluding hydrogens is 224 g/mol. The van der Waals surface area contributed by atoms with E-state index in [9.17, 15) is 0 Å². The van der Waals surface area contributed by atoms with Crippen LogP contribution in [0.15, 0.2) is 0 Å². The lowest BCUT2D eigenvalue weighted by atomic mass is 10.6. The van der Waals surface area contributed by atoms with Crippen LogP contribution in [0.4, 0.5) is 0 Å². The summed E-state index contributed by atoms with van der Waals surface area (Å²) in [5.41, 5.74) is 0. The van der Waals surface area contributed by atoms with Crippen molar-refractivity contribution in [3.63, 3.8) is 0 Å². The molecule has 6 N–H and O–H groups in total. The van der Waals surface area contributed by atoms with Crippen LogP contribution in [0.2, 0.25) is 0 Å². The average Bonchev–Trinajstić information content (AvgIpc) is 0.722. The van der Waals surface area contributed by atoms with Crippen LogP contribution >= 0.6 is 31.9 Å². The fourth-order valence-corrected chi connectivity index (χ4v) is 0. The smallest absolute Gasteiger partial charge is 0.0749 e. The molecule has 0 aliphatic carbocycles. The molecule has 0 aliphatic heterocycles. The number of alkyl halides is 2. The molecule has 0 aliphatic rings. The molecule has 0 aromatic carbocycles. The number of halogens is 2. The number of hydrogen-bond donors (Lipinski definition) is 2. The van der Waals surface area contributed by atoms with Gasteiger partial charge in [-0.25, -0.2) is 0 Å². The highest BCUT2D eigenvalue weighted by Crippen LogP contribution is 2.22. The van der Waals surface area contributed by atoms with Gasteiger partial charge in [-0.1, -0.05) is 31.9 Å². The summed E-state index contributed by atoms with van der Waals surface area (Å²) in [7, 11) is 0. The minimum Gasteiger partial charge on any atom is -0.344 e. The second-order valence-corrected chi connectivity index (χ2v) is 6.36. The molecule has 0 amide bonds. The Labute approximate surface area is 61.5 Å². The Morgan fingerprint density at radius 3 is 1.00 bits per heavy atom. The minimum atomic E-state index is 0. The Kier molecular flexibility index (Phi) is 11.2. The van der Waals surface area contributed by atoms with Crippen molar-refractivity contribution in [2.75, 3.05) is 0 Å². The van der Waals surface area contributed by atoms with Crippen LogP contribution in [0.5, 0.6) is 0 Å². The van der Waals surface area contributed by atoms with Gasteiger partial charge in [-0.05, 0) is 13.8 Å². The maximum absolute atomic E-state index is 3.29. The lowest BCUT2D eigenvalue weighted by molar-refractivity contribution is 1.08. The van der Waals surface area contributed by atoms with E-state index in [2.05, 4.69) is 31.9 Å². The maximum atomic E-state index is 3.29. The molecule has 0 saturated heterocycles. The molecule has 7 heavy (non-hydrogen) atoms. The van der Waals surface area contributed by atoms with Crippen molar-refractivity contribution in [1.82, 2.24) is 12.3 Å². The number of rotatable bonds is 0. The third kappa shape index (κ3) is 212. The predicted octanol–water partition coefficient (Wildman–Crippen LogP) is 2.84.